The van der Waals surface area contributed by atoms with Crippen molar-refractivity contribution in [2.75, 3.05) is 0 Å². The number of allylic oxidation sites excluding steroid dienone is 1. The summed E-state index contributed by atoms with van der Waals surface area (Å²) >= 11 is 0. The number of ether oxygens (including phenoxy) is 1. The van der Waals surface area contributed by atoms with Gasteiger partial charge < -0.3 is 4.74 Å². The van der Waals surface area contributed by atoms with Crippen molar-refractivity contribution in [3.63, 3.8) is 0 Å². The molecule has 0 heterocycles. The van der Waals surface area contributed by atoms with Crippen LogP contribution in [0.25, 0.3) is 0 Å². The molecule has 0 aromatic heterocycles. The SMILES string of the molecule is CC(C)CCCC(C)C1CCC2C3CC=C4C[C@@H](OC(C)C)CCC4(C)C3CCC12C. The van der Waals surface area contributed by atoms with E-state index in [2.05, 4.69) is 54.5 Å². The van der Waals surface area contributed by atoms with Crippen LogP contribution in [0.15, 0.2) is 11.6 Å². The van der Waals surface area contributed by atoms with Gasteiger partial charge in [-0.1, -0.05) is 65.5 Å². The van der Waals surface area contributed by atoms with E-state index in [9.17, 15) is 0 Å². The molecule has 4 rings (SSSR count). The van der Waals surface area contributed by atoms with Crippen molar-refractivity contribution in [2.45, 2.75) is 131 Å². The lowest BCUT2D eigenvalue weighted by atomic mass is 9.47. The van der Waals surface area contributed by atoms with E-state index in [0.29, 0.717) is 23.0 Å². The molecule has 0 radical (unpaired) electrons. The van der Waals surface area contributed by atoms with Crippen LogP contribution < -0.4 is 0 Å². The van der Waals surface area contributed by atoms with Crippen LogP contribution in [0.1, 0.15) is 119 Å². The van der Waals surface area contributed by atoms with E-state index in [1.54, 1.807) is 5.57 Å². The summed E-state index contributed by atoms with van der Waals surface area (Å²) in [4.78, 5) is 0. The van der Waals surface area contributed by atoms with Crippen molar-refractivity contribution in [3.8, 4) is 0 Å². The minimum absolute atomic E-state index is 0.361. The highest BCUT2D eigenvalue weighted by atomic mass is 16.5. The summed E-state index contributed by atoms with van der Waals surface area (Å²) in [6.07, 6.45) is 19.0. The molecule has 3 saturated carbocycles. The molecule has 0 aliphatic heterocycles. The Morgan fingerprint density at radius 3 is 2.42 bits per heavy atom. The van der Waals surface area contributed by atoms with Crippen LogP contribution >= 0.6 is 0 Å². The fourth-order valence-electron chi connectivity index (χ4n) is 9.15. The van der Waals surface area contributed by atoms with E-state index in [0.717, 1.165) is 35.5 Å². The molecule has 0 bridgehead atoms. The second-order valence-corrected chi connectivity index (χ2v) is 13.3. The first-order valence-corrected chi connectivity index (χ1v) is 14.0. The van der Waals surface area contributed by atoms with Gasteiger partial charge in [-0.15, -0.1) is 0 Å². The standard InChI is InChI=1S/C30H52O/c1-20(2)9-8-10-22(5)26-13-14-27-25-12-11-23-19-24(31-21(3)4)15-17-29(23,6)28(25)16-18-30(26,27)7/h11,20-22,24-28H,8-10,12-19H2,1-7H3/t22?,24-,25?,26?,27?,28?,29?,30?/m0/s1. The largest absolute Gasteiger partial charge is 0.375 e. The molecule has 1 heteroatoms. The van der Waals surface area contributed by atoms with Gasteiger partial charge >= 0.3 is 0 Å². The Kier molecular flexibility index (Phi) is 7.04. The highest BCUT2D eigenvalue weighted by molar-refractivity contribution is 5.25. The first-order valence-electron chi connectivity index (χ1n) is 14.0. The molecule has 178 valence electrons. The molecule has 0 aromatic carbocycles. The third-order valence-corrected chi connectivity index (χ3v) is 10.7. The molecule has 1 nitrogen and oxygen atoms in total. The minimum Gasteiger partial charge on any atom is -0.375 e. The summed E-state index contributed by atoms with van der Waals surface area (Å²) in [6, 6.07) is 0. The van der Waals surface area contributed by atoms with E-state index in [1.165, 1.54) is 70.6 Å². The lowest BCUT2D eigenvalue weighted by Crippen LogP contribution is -2.51. The zero-order valence-corrected chi connectivity index (χ0v) is 21.9. The number of hydrogen-bond donors (Lipinski definition) is 0. The van der Waals surface area contributed by atoms with Crippen molar-refractivity contribution in [1.82, 2.24) is 0 Å². The fourth-order valence-corrected chi connectivity index (χ4v) is 9.15. The average molecular weight is 429 g/mol. The monoisotopic (exact) mass is 428 g/mol. The highest BCUT2D eigenvalue weighted by Crippen LogP contribution is 2.67. The van der Waals surface area contributed by atoms with E-state index in [-0.39, 0.29) is 0 Å². The quantitative estimate of drug-likeness (QED) is 0.368. The second kappa shape index (κ2) is 9.15. The molecule has 4 aliphatic rings. The number of fused-ring (bicyclic) bond motifs is 5. The summed E-state index contributed by atoms with van der Waals surface area (Å²) in [5.74, 6) is 5.60. The topological polar surface area (TPSA) is 9.23 Å². The Bertz CT molecular complexity index is 647. The Hall–Kier alpha value is -0.300. The molecule has 0 N–H and O–H groups in total. The third kappa shape index (κ3) is 4.43. The van der Waals surface area contributed by atoms with Gasteiger partial charge in [-0.25, -0.2) is 0 Å². The predicted octanol–water partition coefficient (Wildman–Crippen LogP) is 8.82. The molecular formula is C30H52O. The molecule has 31 heavy (non-hydrogen) atoms. The summed E-state index contributed by atoms with van der Waals surface area (Å²) < 4.78 is 6.25. The van der Waals surface area contributed by atoms with E-state index in [1.807, 2.05) is 0 Å². The van der Waals surface area contributed by atoms with Gasteiger partial charge in [0.25, 0.3) is 0 Å². The Morgan fingerprint density at radius 2 is 1.71 bits per heavy atom. The zero-order valence-electron chi connectivity index (χ0n) is 21.9. The van der Waals surface area contributed by atoms with Gasteiger partial charge in [0.15, 0.2) is 0 Å². The lowest BCUT2D eigenvalue weighted by molar-refractivity contribution is -0.0707. The highest BCUT2D eigenvalue weighted by Gasteiger charge is 2.59. The Morgan fingerprint density at radius 1 is 0.935 bits per heavy atom. The molecular weight excluding hydrogens is 376 g/mol. The van der Waals surface area contributed by atoms with Crippen molar-refractivity contribution in [3.05, 3.63) is 11.6 Å². The maximum atomic E-state index is 6.25. The van der Waals surface area contributed by atoms with Crippen LogP contribution in [-0.4, -0.2) is 12.2 Å². The van der Waals surface area contributed by atoms with Crippen LogP contribution in [0, 0.1) is 46.3 Å². The average Bonchev–Trinajstić information content (AvgIpc) is 3.05. The Labute approximate surface area is 194 Å². The van der Waals surface area contributed by atoms with Gasteiger partial charge in [0.05, 0.1) is 12.2 Å². The first-order chi connectivity index (χ1) is 14.6. The van der Waals surface area contributed by atoms with Crippen LogP contribution in [0.2, 0.25) is 0 Å². The smallest absolute Gasteiger partial charge is 0.0616 e. The van der Waals surface area contributed by atoms with Crippen molar-refractivity contribution >= 4 is 0 Å². The summed E-state index contributed by atoms with van der Waals surface area (Å²) in [7, 11) is 0. The van der Waals surface area contributed by atoms with Gasteiger partial charge in [0.1, 0.15) is 0 Å². The zero-order chi connectivity index (χ0) is 22.4. The maximum Gasteiger partial charge on any atom is 0.0616 e. The molecule has 4 aliphatic carbocycles. The van der Waals surface area contributed by atoms with Crippen molar-refractivity contribution in [2.24, 2.45) is 46.3 Å². The molecule has 8 atom stereocenters. The molecule has 3 fully saturated rings. The van der Waals surface area contributed by atoms with E-state index >= 15 is 0 Å². The second-order valence-electron chi connectivity index (χ2n) is 13.3. The maximum absolute atomic E-state index is 6.25. The number of rotatable bonds is 7. The molecule has 7 unspecified atom stereocenters. The minimum atomic E-state index is 0.361. The van der Waals surface area contributed by atoms with E-state index < -0.39 is 0 Å². The van der Waals surface area contributed by atoms with Crippen LogP contribution in [0.4, 0.5) is 0 Å². The summed E-state index contributed by atoms with van der Waals surface area (Å²) in [5.41, 5.74) is 2.84. The first kappa shape index (κ1) is 23.8. The van der Waals surface area contributed by atoms with Gasteiger partial charge in [-0.2, -0.15) is 0 Å². The van der Waals surface area contributed by atoms with Gasteiger partial charge in [-0.05, 0) is 112 Å². The molecule has 0 amide bonds. The van der Waals surface area contributed by atoms with E-state index in [4.69, 9.17) is 4.74 Å². The summed E-state index contributed by atoms with van der Waals surface area (Å²) in [6.45, 7) is 17.1. The Balaban J connectivity index is 1.46. The summed E-state index contributed by atoms with van der Waals surface area (Å²) in [5, 5.41) is 0. The number of hydrogen-bond acceptors (Lipinski definition) is 1. The molecule has 0 spiro atoms. The van der Waals surface area contributed by atoms with Crippen molar-refractivity contribution in [1.29, 1.82) is 0 Å². The molecule has 0 aromatic rings. The normalized spacial score (nSPS) is 43.4. The predicted molar refractivity (Wildman–Crippen MR) is 133 cm³/mol. The fraction of sp³-hybridized carbons (Fsp3) is 0.933. The van der Waals surface area contributed by atoms with Crippen LogP contribution in [-0.2, 0) is 4.74 Å². The van der Waals surface area contributed by atoms with Gasteiger partial charge in [0.2, 0.25) is 0 Å². The van der Waals surface area contributed by atoms with Crippen LogP contribution in [0.3, 0.4) is 0 Å². The lowest BCUT2D eigenvalue weighted by Gasteiger charge is -2.58. The third-order valence-electron chi connectivity index (χ3n) is 10.7. The van der Waals surface area contributed by atoms with Crippen LogP contribution in [0.5, 0.6) is 0 Å². The van der Waals surface area contributed by atoms with Gasteiger partial charge in [0, 0.05) is 0 Å². The molecule has 0 saturated heterocycles. The van der Waals surface area contributed by atoms with Gasteiger partial charge in [-0.3, -0.25) is 0 Å². The van der Waals surface area contributed by atoms with Crippen molar-refractivity contribution < 1.29 is 4.74 Å².